The van der Waals surface area contributed by atoms with E-state index in [0.29, 0.717) is 28.3 Å². The van der Waals surface area contributed by atoms with Crippen molar-refractivity contribution in [3.63, 3.8) is 0 Å². The van der Waals surface area contributed by atoms with E-state index < -0.39 is 0 Å². The van der Waals surface area contributed by atoms with Gasteiger partial charge in [-0.2, -0.15) is 5.26 Å². The minimum absolute atomic E-state index is 0.259. The number of hydrogen-bond acceptors (Lipinski definition) is 3. The summed E-state index contributed by atoms with van der Waals surface area (Å²) < 4.78 is 6.51. The number of nitriles is 1. The van der Waals surface area contributed by atoms with Crippen LogP contribution >= 0.6 is 15.9 Å². The van der Waals surface area contributed by atoms with Crippen LogP contribution in [0.1, 0.15) is 15.9 Å². The molecule has 0 unspecified atom stereocenters. The van der Waals surface area contributed by atoms with E-state index in [1.54, 1.807) is 36.4 Å². The Morgan fingerprint density at radius 2 is 1.95 bits per heavy atom. The molecule has 0 radical (unpaired) electrons. The van der Waals surface area contributed by atoms with Crippen molar-refractivity contribution in [3.8, 4) is 17.6 Å². The number of halogens is 1. The SMILES string of the molecule is N#Cc1ccc2c(c1)NC(=O)c1cc(Br)ccc1O2. The number of carbonyl (C=O) groups excluding carboxylic acids is 1. The van der Waals surface area contributed by atoms with Crippen molar-refractivity contribution in [2.75, 3.05) is 5.32 Å². The summed E-state index contributed by atoms with van der Waals surface area (Å²) in [5.41, 5.74) is 1.41. The molecular formula is C14H7BrN2O2. The van der Waals surface area contributed by atoms with Crippen LogP contribution in [0.2, 0.25) is 0 Å². The molecule has 0 saturated carbocycles. The maximum Gasteiger partial charge on any atom is 0.259 e. The highest BCUT2D eigenvalue weighted by Gasteiger charge is 2.21. The first-order valence-corrected chi connectivity index (χ1v) is 6.29. The largest absolute Gasteiger partial charge is 0.454 e. The second kappa shape index (κ2) is 4.41. The Morgan fingerprint density at radius 1 is 1.16 bits per heavy atom. The van der Waals surface area contributed by atoms with Crippen LogP contribution in [0.15, 0.2) is 40.9 Å². The zero-order valence-corrected chi connectivity index (χ0v) is 11.2. The van der Waals surface area contributed by atoms with E-state index in [9.17, 15) is 4.79 Å². The number of nitrogens with zero attached hydrogens (tertiary/aromatic N) is 1. The number of carbonyl (C=O) groups is 1. The molecule has 2 aromatic rings. The fourth-order valence-corrected chi connectivity index (χ4v) is 2.22. The molecule has 0 bridgehead atoms. The molecule has 0 aliphatic carbocycles. The first kappa shape index (κ1) is 11.8. The number of rotatable bonds is 0. The topological polar surface area (TPSA) is 62.1 Å². The molecule has 1 aliphatic rings. The summed E-state index contributed by atoms with van der Waals surface area (Å²) in [5, 5.41) is 11.6. The van der Waals surface area contributed by atoms with Crippen molar-refractivity contribution in [2.24, 2.45) is 0 Å². The molecule has 0 fully saturated rings. The molecule has 0 aromatic heterocycles. The standard InChI is InChI=1S/C14H7BrN2O2/c15-9-2-4-12-10(6-9)14(18)17-11-5-8(7-16)1-3-13(11)19-12/h1-6H,(H,17,18). The normalized spacial score (nSPS) is 12.3. The van der Waals surface area contributed by atoms with Crippen LogP contribution in [0.3, 0.4) is 0 Å². The minimum atomic E-state index is -0.259. The number of fused-ring (bicyclic) bond motifs is 2. The Bertz CT molecular complexity index is 735. The van der Waals surface area contributed by atoms with Gasteiger partial charge in [0.05, 0.1) is 22.9 Å². The highest BCUT2D eigenvalue weighted by molar-refractivity contribution is 9.10. The second-order valence-electron chi connectivity index (χ2n) is 4.02. The summed E-state index contributed by atoms with van der Waals surface area (Å²) in [6.07, 6.45) is 0. The van der Waals surface area contributed by atoms with Gasteiger partial charge in [-0.25, -0.2) is 0 Å². The number of ether oxygens (including phenoxy) is 1. The van der Waals surface area contributed by atoms with Crippen molar-refractivity contribution in [1.29, 1.82) is 5.26 Å². The molecular weight excluding hydrogens is 308 g/mol. The quantitative estimate of drug-likeness (QED) is 0.806. The van der Waals surface area contributed by atoms with Crippen LogP contribution < -0.4 is 10.1 Å². The van der Waals surface area contributed by atoms with Gasteiger partial charge < -0.3 is 10.1 Å². The van der Waals surface area contributed by atoms with Gasteiger partial charge in [0.25, 0.3) is 5.91 Å². The molecule has 1 amide bonds. The molecule has 0 atom stereocenters. The smallest absolute Gasteiger partial charge is 0.259 e. The van der Waals surface area contributed by atoms with Crippen molar-refractivity contribution >= 4 is 27.5 Å². The molecule has 19 heavy (non-hydrogen) atoms. The Balaban J connectivity index is 2.14. The van der Waals surface area contributed by atoms with E-state index in [0.717, 1.165) is 4.47 Å². The zero-order valence-electron chi connectivity index (χ0n) is 9.61. The molecule has 2 aromatic carbocycles. The van der Waals surface area contributed by atoms with E-state index in [1.807, 2.05) is 6.07 Å². The third kappa shape index (κ3) is 2.07. The summed E-state index contributed by atoms with van der Waals surface area (Å²) in [5.74, 6) is 0.753. The first-order chi connectivity index (χ1) is 9.17. The molecule has 92 valence electrons. The lowest BCUT2D eigenvalue weighted by molar-refractivity contribution is 0.102. The van der Waals surface area contributed by atoms with Crippen LogP contribution in [-0.2, 0) is 0 Å². The van der Waals surface area contributed by atoms with Gasteiger partial charge in [-0.1, -0.05) is 15.9 Å². The highest BCUT2D eigenvalue weighted by atomic mass is 79.9. The van der Waals surface area contributed by atoms with Gasteiger partial charge in [-0.05, 0) is 36.4 Å². The maximum atomic E-state index is 12.1. The van der Waals surface area contributed by atoms with Crippen molar-refractivity contribution < 1.29 is 9.53 Å². The Hall–Kier alpha value is -2.32. The lowest BCUT2D eigenvalue weighted by Gasteiger charge is -2.07. The van der Waals surface area contributed by atoms with Crippen molar-refractivity contribution in [2.45, 2.75) is 0 Å². The van der Waals surface area contributed by atoms with Gasteiger partial charge in [-0.3, -0.25) is 4.79 Å². The van der Waals surface area contributed by atoms with Crippen LogP contribution in [0.25, 0.3) is 0 Å². The fraction of sp³-hybridized carbons (Fsp3) is 0. The van der Waals surface area contributed by atoms with Gasteiger partial charge in [0.2, 0.25) is 0 Å². The van der Waals surface area contributed by atoms with E-state index in [1.165, 1.54) is 0 Å². The third-order valence-electron chi connectivity index (χ3n) is 2.76. The molecule has 0 spiro atoms. The maximum absolute atomic E-state index is 12.1. The molecule has 1 N–H and O–H groups in total. The third-order valence-corrected chi connectivity index (χ3v) is 3.26. The van der Waals surface area contributed by atoms with Gasteiger partial charge in [0, 0.05) is 4.47 Å². The lowest BCUT2D eigenvalue weighted by atomic mass is 10.2. The van der Waals surface area contributed by atoms with Crippen LogP contribution in [-0.4, -0.2) is 5.91 Å². The Morgan fingerprint density at radius 3 is 2.74 bits per heavy atom. The minimum Gasteiger partial charge on any atom is -0.454 e. The van der Waals surface area contributed by atoms with E-state index >= 15 is 0 Å². The number of nitrogens with one attached hydrogen (secondary N) is 1. The number of hydrogen-bond donors (Lipinski definition) is 1. The summed E-state index contributed by atoms with van der Waals surface area (Å²) >= 11 is 3.32. The summed E-state index contributed by atoms with van der Waals surface area (Å²) in [6.45, 7) is 0. The van der Waals surface area contributed by atoms with Crippen LogP contribution in [0.5, 0.6) is 11.5 Å². The van der Waals surface area contributed by atoms with Crippen molar-refractivity contribution in [1.82, 2.24) is 0 Å². The molecule has 1 heterocycles. The Kier molecular flexibility index (Phi) is 2.73. The van der Waals surface area contributed by atoms with Gasteiger partial charge in [0.15, 0.2) is 5.75 Å². The first-order valence-electron chi connectivity index (χ1n) is 5.50. The molecule has 4 nitrogen and oxygen atoms in total. The summed E-state index contributed by atoms with van der Waals surface area (Å²) in [7, 11) is 0. The molecule has 1 aliphatic heterocycles. The van der Waals surface area contributed by atoms with Crippen LogP contribution in [0.4, 0.5) is 5.69 Å². The number of amides is 1. The van der Waals surface area contributed by atoms with E-state index in [4.69, 9.17) is 10.00 Å². The monoisotopic (exact) mass is 314 g/mol. The van der Waals surface area contributed by atoms with E-state index in [-0.39, 0.29) is 5.91 Å². The average Bonchev–Trinajstić information content (AvgIpc) is 2.54. The fourth-order valence-electron chi connectivity index (χ4n) is 1.86. The number of anilines is 1. The average molecular weight is 315 g/mol. The second-order valence-corrected chi connectivity index (χ2v) is 4.94. The van der Waals surface area contributed by atoms with Gasteiger partial charge in [0.1, 0.15) is 5.75 Å². The van der Waals surface area contributed by atoms with Crippen molar-refractivity contribution in [3.05, 3.63) is 52.0 Å². The predicted molar refractivity (Wildman–Crippen MR) is 73.3 cm³/mol. The zero-order chi connectivity index (χ0) is 13.4. The summed E-state index contributed by atoms with van der Waals surface area (Å²) in [4.78, 5) is 12.1. The van der Waals surface area contributed by atoms with Gasteiger partial charge in [-0.15, -0.1) is 0 Å². The summed E-state index contributed by atoms with van der Waals surface area (Å²) in [6, 6.07) is 12.2. The molecule has 0 saturated heterocycles. The molecule has 5 heteroatoms. The molecule has 3 rings (SSSR count). The van der Waals surface area contributed by atoms with E-state index in [2.05, 4.69) is 21.2 Å². The Labute approximate surface area is 117 Å². The highest BCUT2D eigenvalue weighted by Crippen LogP contribution is 2.36. The van der Waals surface area contributed by atoms with Gasteiger partial charge >= 0.3 is 0 Å². The predicted octanol–water partition coefficient (Wildman–Crippen LogP) is 3.68. The van der Waals surface area contributed by atoms with Crippen LogP contribution in [0, 0.1) is 11.3 Å². The lowest BCUT2D eigenvalue weighted by Crippen LogP contribution is -2.10. The number of benzene rings is 2.